The molecule has 0 aliphatic carbocycles. The average Bonchev–Trinajstić information content (AvgIpc) is 2.46. The van der Waals surface area contributed by atoms with Crippen LogP contribution in [0.15, 0.2) is 30.3 Å². The zero-order valence-corrected chi connectivity index (χ0v) is 18.9. The van der Waals surface area contributed by atoms with Gasteiger partial charge in [-0.1, -0.05) is 30.3 Å². The van der Waals surface area contributed by atoms with Gasteiger partial charge in [-0.25, -0.2) is 0 Å². The highest BCUT2D eigenvalue weighted by molar-refractivity contribution is 8.53. The number of nitrogens with zero attached hydrogens (tertiary/aromatic N) is 2. The van der Waals surface area contributed by atoms with Crippen molar-refractivity contribution in [1.82, 2.24) is 9.34 Å². The second-order valence-corrected chi connectivity index (χ2v) is 14.9. The van der Waals surface area contributed by atoms with Gasteiger partial charge in [-0.3, -0.25) is 9.34 Å². The molecule has 2 unspecified atom stereocenters. The Labute approximate surface area is 149 Å². The lowest BCUT2D eigenvalue weighted by molar-refractivity contribution is 0.331. The Morgan fingerprint density at radius 1 is 0.652 bits per heavy atom. The van der Waals surface area contributed by atoms with Crippen LogP contribution in [0, 0.1) is 0 Å². The minimum absolute atomic E-state index is 0.157. The quantitative estimate of drug-likeness (QED) is 0.487. The third kappa shape index (κ3) is 7.05. The maximum absolute atomic E-state index is 2.69. The summed E-state index contributed by atoms with van der Waals surface area (Å²) in [4.78, 5) is 0. The first-order valence-corrected chi connectivity index (χ1v) is 13.6. The molecule has 0 spiro atoms. The van der Waals surface area contributed by atoms with E-state index in [2.05, 4.69) is 95.1 Å². The fraction of sp³-hybridized carbons (Fsp3) is 0.667. The van der Waals surface area contributed by atoms with E-state index in [1.165, 1.54) is 0 Å². The van der Waals surface area contributed by atoms with Gasteiger partial charge in [0.05, 0.1) is 0 Å². The maximum atomic E-state index is 2.69. The number of benzene rings is 1. The van der Waals surface area contributed by atoms with Gasteiger partial charge in [0.15, 0.2) is 0 Å². The van der Waals surface area contributed by atoms with Crippen molar-refractivity contribution in [3.05, 3.63) is 30.3 Å². The van der Waals surface area contributed by atoms with Crippen LogP contribution in [-0.2, 0) is 0 Å². The van der Waals surface area contributed by atoms with E-state index in [-0.39, 0.29) is 7.30 Å². The van der Waals surface area contributed by atoms with Crippen LogP contribution in [0.1, 0.15) is 55.4 Å². The molecular weight excluding hydrogens is 337 g/mol. The van der Waals surface area contributed by atoms with Crippen LogP contribution < -0.4 is 5.30 Å². The van der Waals surface area contributed by atoms with Gasteiger partial charge in [0.1, 0.15) is 0 Å². The maximum Gasteiger partial charge on any atom is 0.00812 e. The van der Waals surface area contributed by atoms with Crippen LogP contribution in [0.25, 0.3) is 0 Å². The number of hydrogen-bond donors (Lipinski definition) is 0. The molecule has 0 bridgehead atoms. The summed E-state index contributed by atoms with van der Waals surface area (Å²) in [5.41, 5.74) is 0. The monoisotopic (exact) mass is 372 g/mol. The molecule has 2 nitrogen and oxygen atoms in total. The van der Waals surface area contributed by atoms with Gasteiger partial charge in [-0.15, -0.1) is 0 Å². The van der Waals surface area contributed by atoms with Gasteiger partial charge in [0.25, 0.3) is 0 Å². The van der Waals surface area contributed by atoms with Crippen molar-refractivity contribution in [2.75, 3.05) is 0 Å². The summed E-state index contributed by atoms with van der Waals surface area (Å²) in [5, 5.41) is 1.55. The highest BCUT2D eigenvalue weighted by Crippen LogP contribution is 2.71. The Kier molecular flexibility index (Phi) is 9.74. The molecule has 0 aliphatic rings. The van der Waals surface area contributed by atoms with E-state index >= 15 is 0 Å². The van der Waals surface area contributed by atoms with E-state index in [0.717, 1.165) is 16.8 Å². The van der Waals surface area contributed by atoms with Crippen molar-refractivity contribution in [2.45, 2.75) is 79.6 Å². The Morgan fingerprint density at radius 2 is 1.00 bits per heavy atom. The highest BCUT2D eigenvalue weighted by atomic mass is 32.4. The summed E-state index contributed by atoms with van der Waals surface area (Å²) in [6.07, 6.45) is 0. The number of hydrogen-bond acceptors (Lipinski definition) is 2. The standard InChI is InChI=1S/C18H35N2P3/c1-14(2)19(15(3)4)21-23(18-12-10-9-11-13-18)22-20(16(5)6)17(7)8/h9-17,21-22H,1-8H3. The third-order valence-electron chi connectivity index (χ3n) is 3.67. The lowest BCUT2D eigenvalue weighted by Gasteiger charge is -2.38. The fourth-order valence-electron chi connectivity index (χ4n) is 2.60. The molecule has 0 aromatic heterocycles. The minimum atomic E-state index is -0.157. The van der Waals surface area contributed by atoms with Crippen molar-refractivity contribution in [2.24, 2.45) is 0 Å². The molecule has 0 heterocycles. The molecule has 0 saturated heterocycles. The predicted octanol–water partition coefficient (Wildman–Crippen LogP) is 6.05. The van der Waals surface area contributed by atoms with Gasteiger partial charge < -0.3 is 0 Å². The molecule has 1 aromatic carbocycles. The normalized spacial score (nSPS) is 15.0. The van der Waals surface area contributed by atoms with Crippen molar-refractivity contribution in [1.29, 1.82) is 0 Å². The lowest BCUT2D eigenvalue weighted by Crippen LogP contribution is -2.31. The SMILES string of the molecule is CC(C)N(PP(PN(C(C)C)C(C)C)c1ccccc1)C(C)C. The molecule has 0 saturated carbocycles. The number of rotatable bonds is 9. The van der Waals surface area contributed by atoms with Gasteiger partial charge >= 0.3 is 0 Å². The molecule has 0 fully saturated rings. The van der Waals surface area contributed by atoms with Crippen LogP contribution in [-0.4, -0.2) is 33.5 Å². The summed E-state index contributed by atoms with van der Waals surface area (Å²) < 4.78 is 5.37. The first kappa shape index (κ1) is 21.5. The molecule has 2 atom stereocenters. The second-order valence-electron chi connectivity index (χ2n) is 7.06. The molecule has 0 radical (unpaired) electrons. The molecule has 23 heavy (non-hydrogen) atoms. The van der Waals surface area contributed by atoms with Gasteiger partial charge in [-0.2, -0.15) is 0 Å². The lowest BCUT2D eigenvalue weighted by atomic mass is 10.3. The molecule has 1 aromatic rings. The molecular formula is C18H35N2P3. The molecule has 132 valence electrons. The van der Waals surface area contributed by atoms with Crippen LogP contribution >= 0.6 is 24.1 Å². The van der Waals surface area contributed by atoms with Crippen LogP contribution in [0.4, 0.5) is 0 Å². The Bertz CT molecular complexity index is 397. The highest BCUT2D eigenvalue weighted by Gasteiger charge is 2.24. The molecule has 0 aliphatic heterocycles. The third-order valence-corrected chi connectivity index (χ3v) is 13.3. The Morgan fingerprint density at radius 3 is 1.30 bits per heavy atom. The van der Waals surface area contributed by atoms with E-state index in [4.69, 9.17) is 0 Å². The summed E-state index contributed by atoms with van der Waals surface area (Å²) in [5.74, 6) is 0. The molecule has 5 heteroatoms. The van der Waals surface area contributed by atoms with E-state index in [1.54, 1.807) is 5.30 Å². The van der Waals surface area contributed by atoms with Crippen molar-refractivity contribution in [3.8, 4) is 0 Å². The largest absolute Gasteiger partial charge is 0.275 e. The first-order chi connectivity index (χ1) is 10.7. The summed E-state index contributed by atoms with van der Waals surface area (Å²) in [6.45, 7) is 18.6. The molecule has 0 amide bonds. The zero-order valence-electron chi connectivity index (χ0n) is 16.0. The van der Waals surface area contributed by atoms with Gasteiger partial charge in [0, 0.05) is 24.2 Å². The summed E-state index contributed by atoms with van der Waals surface area (Å²) in [6, 6.07) is 13.6. The van der Waals surface area contributed by atoms with Gasteiger partial charge in [0.2, 0.25) is 0 Å². The summed E-state index contributed by atoms with van der Waals surface area (Å²) >= 11 is 0. The topological polar surface area (TPSA) is 6.48 Å². The van der Waals surface area contributed by atoms with E-state index in [9.17, 15) is 0 Å². The van der Waals surface area contributed by atoms with Crippen molar-refractivity contribution >= 4 is 29.4 Å². The van der Waals surface area contributed by atoms with Crippen LogP contribution in [0.2, 0.25) is 0 Å². The smallest absolute Gasteiger partial charge is 0.00812 e. The van der Waals surface area contributed by atoms with Crippen LogP contribution in [0.3, 0.4) is 0 Å². The molecule has 0 N–H and O–H groups in total. The minimum Gasteiger partial charge on any atom is -0.275 e. The zero-order chi connectivity index (χ0) is 17.6. The predicted molar refractivity (Wildman–Crippen MR) is 114 cm³/mol. The van der Waals surface area contributed by atoms with Crippen molar-refractivity contribution < 1.29 is 0 Å². The summed E-state index contributed by atoms with van der Waals surface area (Å²) in [7, 11) is 1.64. The Hall–Kier alpha value is 0.430. The van der Waals surface area contributed by atoms with Crippen molar-refractivity contribution in [3.63, 3.8) is 0 Å². The molecule has 1 rings (SSSR count). The first-order valence-electron chi connectivity index (χ1n) is 8.68. The average molecular weight is 372 g/mol. The fourth-order valence-corrected chi connectivity index (χ4v) is 13.1. The van der Waals surface area contributed by atoms with E-state index < -0.39 is 0 Å². The second kappa shape index (κ2) is 10.4. The Balaban J connectivity index is 3.02. The van der Waals surface area contributed by atoms with E-state index in [1.807, 2.05) is 0 Å². The van der Waals surface area contributed by atoms with Crippen LogP contribution in [0.5, 0.6) is 0 Å². The van der Waals surface area contributed by atoms with Gasteiger partial charge in [-0.05, 0) is 84.8 Å². The van der Waals surface area contributed by atoms with E-state index in [0.29, 0.717) is 24.2 Å².